The molecule has 0 radical (unpaired) electrons. The van der Waals surface area contributed by atoms with E-state index >= 15 is 0 Å². The fraction of sp³-hybridized carbons (Fsp3) is 1.00. The topological polar surface area (TPSA) is 58.9 Å². The molecule has 4 nitrogen and oxygen atoms in total. The van der Waals surface area contributed by atoms with Crippen molar-refractivity contribution in [2.75, 3.05) is 56.2 Å². The molecule has 0 rings (SSSR count). The van der Waals surface area contributed by atoms with Crippen molar-refractivity contribution in [2.24, 2.45) is 0 Å². The minimum atomic E-state index is 0.230. The van der Waals surface area contributed by atoms with Crippen LogP contribution in [0.15, 0.2) is 0 Å². The van der Waals surface area contributed by atoms with Crippen LogP contribution < -0.4 is 0 Å². The Morgan fingerprint density at radius 2 is 1.06 bits per heavy atom. The zero-order valence-corrected chi connectivity index (χ0v) is 13.0. The average molecular weight is 321 g/mol. The summed E-state index contributed by atoms with van der Waals surface area (Å²) in [5.74, 6) is 3.36. The van der Waals surface area contributed by atoms with E-state index in [1.54, 1.807) is 43.2 Å². The summed E-state index contributed by atoms with van der Waals surface area (Å²) < 4.78 is 10.5. The molecule has 0 atom stereocenters. The lowest BCUT2D eigenvalue weighted by Gasteiger charge is -2.05. The molecule has 104 valence electrons. The highest BCUT2D eigenvalue weighted by atomic mass is 33.1. The van der Waals surface area contributed by atoms with Crippen LogP contribution in [0, 0.1) is 0 Å². The van der Waals surface area contributed by atoms with Crippen molar-refractivity contribution in [2.45, 2.75) is 0 Å². The van der Waals surface area contributed by atoms with Gasteiger partial charge in [0.2, 0.25) is 0 Å². The Hall–Kier alpha value is 1.24. The predicted octanol–water partition coefficient (Wildman–Crippen LogP) is 1.72. The third-order valence-corrected chi connectivity index (χ3v) is 6.00. The first-order valence-corrected chi connectivity index (χ1v) is 10.3. The molecule has 0 aliphatic carbocycles. The Morgan fingerprint density at radius 3 is 1.47 bits per heavy atom. The maximum Gasteiger partial charge on any atom is 0.146 e. The van der Waals surface area contributed by atoms with Crippen LogP contribution in [0.3, 0.4) is 0 Å². The second-order valence-electron chi connectivity index (χ2n) is 2.67. The van der Waals surface area contributed by atoms with Crippen LogP contribution in [0.1, 0.15) is 0 Å². The molecule has 0 fully saturated rings. The van der Waals surface area contributed by atoms with Crippen LogP contribution in [-0.4, -0.2) is 66.4 Å². The molecule has 8 heteroatoms. The van der Waals surface area contributed by atoms with Gasteiger partial charge in [-0.3, -0.25) is 0 Å². The molecule has 0 amide bonds. The van der Waals surface area contributed by atoms with E-state index in [0.29, 0.717) is 20.0 Å². The molecule has 0 aromatic heterocycles. The van der Waals surface area contributed by atoms with Crippen molar-refractivity contribution in [3.63, 3.8) is 0 Å². The first-order valence-electron chi connectivity index (χ1n) is 5.28. The first kappa shape index (κ1) is 18.2. The van der Waals surface area contributed by atoms with Crippen LogP contribution >= 0.6 is 43.2 Å². The van der Waals surface area contributed by atoms with Crippen molar-refractivity contribution in [3.8, 4) is 0 Å². The molecule has 0 spiro atoms. The number of hydrogen-bond acceptors (Lipinski definition) is 8. The summed E-state index contributed by atoms with van der Waals surface area (Å²) in [6.07, 6.45) is 0. The van der Waals surface area contributed by atoms with E-state index in [4.69, 9.17) is 19.7 Å². The summed E-state index contributed by atoms with van der Waals surface area (Å²) in [7, 11) is 6.70. The van der Waals surface area contributed by atoms with Crippen LogP contribution in [0.4, 0.5) is 0 Å². The number of rotatable bonds is 14. The van der Waals surface area contributed by atoms with Crippen LogP contribution in [0.2, 0.25) is 0 Å². The number of aliphatic hydroxyl groups excluding tert-OH is 2. The van der Waals surface area contributed by atoms with E-state index in [-0.39, 0.29) is 13.2 Å². The normalized spacial score (nSPS) is 10.9. The Labute approximate surface area is 119 Å². The summed E-state index contributed by atoms with van der Waals surface area (Å²) in [6.45, 7) is 2.16. The smallest absolute Gasteiger partial charge is 0.146 e. The average Bonchev–Trinajstić information content (AvgIpc) is 2.35. The van der Waals surface area contributed by atoms with Gasteiger partial charge in [0, 0.05) is 23.0 Å². The van der Waals surface area contributed by atoms with E-state index < -0.39 is 0 Å². The molecule has 0 aromatic carbocycles. The van der Waals surface area contributed by atoms with Gasteiger partial charge in [-0.1, -0.05) is 43.2 Å². The molecule has 2 N–H and O–H groups in total. The molecule has 0 heterocycles. The van der Waals surface area contributed by atoms with Gasteiger partial charge in [0.1, 0.15) is 6.79 Å². The minimum absolute atomic E-state index is 0.230. The molecule has 0 unspecified atom stereocenters. The van der Waals surface area contributed by atoms with Crippen molar-refractivity contribution in [3.05, 3.63) is 0 Å². The van der Waals surface area contributed by atoms with E-state index in [9.17, 15) is 0 Å². The van der Waals surface area contributed by atoms with Crippen LogP contribution in [0.25, 0.3) is 0 Å². The molecule has 0 aromatic rings. The van der Waals surface area contributed by atoms with Gasteiger partial charge in [-0.2, -0.15) is 0 Å². The monoisotopic (exact) mass is 320 g/mol. The molecule has 0 aliphatic heterocycles. The second kappa shape index (κ2) is 17.2. The van der Waals surface area contributed by atoms with Gasteiger partial charge in [0.15, 0.2) is 0 Å². The van der Waals surface area contributed by atoms with Gasteiger partial charge in [-0.25, -0.2) is 0 Å². The third kappa shape index (κ3) is 17.2. The first-order chi connectivity index (χ1) is 8.41. The van der Waals surface area contributed by atoms with Crippen LogP contribution in [-0.2, 0) is 9.47 Å². The highest BCUT2D eigenvalue weighted by Gasteiger charge is 1.93. The molecular formula is C9H20O4S4. The zero-order chi connectivity index (χ0) is 12.6. The van der Waals surface area contributed by atoms with Gasteiger partial charge in [0.25, 0.3) is 0 Å². The Kier molecular flexibility index (Phi) is 18.5. The molecule has 0 saturated carbocycles. The Bertz CT molecular complexity index is 128. The lowest BCUT2D eigenvalue weighted by Crippen LogP contribution is -2.05. The standard InChI is InChI=1S/C9H20O4S4/c10-1-5-14-16-7-3-12-9-13-4-8-17-15-6-2-11/h10-11H,1-9H2. The molecular weight excluding hydrogens is 300 g/mol. The van der Waals surface area contributed by atoms with E-state index in [1.165, 1.54) is 0 Å². The summed E-state index contributed by atoms with van der Waals surface area (Å²) in [4.78, 5) is 0. The minimum Gasteiger partial charge on any atom is -0.395 e. The van der Waals surface area contributed by atoms with Gasteiger partial charge >= 0.3 is 0 Å². The Balaban J connectivity index is 2.85. The quantitative estimate of drug-likeness (QED) is 0.285. The molecule has 0 bridgehead atoms. The lowest BCUT2D eigenvalue weighted by molar-refractivity contribution is -0.0425. The van der Waals surface area contributed by atoms with Gasteiger partial charge in [-0.05, 0) is 0 Å². The van der Waals surface area contributed by atoms with Gasteiger partial charge < -0.3 is 19.7 Å². The largest absolute Gasteiger partial charge is 0.395 e. The predicted molar refractivity (Wildman–Crippen MR) is 80.8 cm³/mol. The van der Waals surface area contributed by atoms with E-state index in [1.807, 2.05) is 0 Å². The third-order valence-electron chi connectivity index (χ3n) is 1.30. The Morgan fingerprint density at radius 1 is 0.647 bits per heavy atom. The fourth-order valence-corrected chi connectivity index (χ4v) is 3.93. The SMILES string of the molecule is OCCSSCCOCOCCSSCCO. The second-order valence-corrected chi connectivity index (χ2v) is 8.07. The fourth-order valence-electron chi connectivity index (χ4n) is 0.673. The number of hydrogen-bond donors (Lipinski definition) is 2. The maximum atomic E-state index is 8.54. The molecule has 17 heavy (non-hydrogen) atoms. The van der Waals surface area contributed by atoms with Crippen molar-refractivity contribution >= 4 is 43.2 Å². The van der Waals surface area contributed by atoms with Crippen molar-refractivity contribution < 1.29 is 19.7 Å². The maximum absolute atomic E-state index is 8.54. The van der Waals surface area contributed by atoms with Gasteiger partial charge in [-0.15, -0.1) is 0 Å². The highest BCUT2D eigenvalue weighted by Crippen LogP contribution is 2.20. The van der Waals surface area contributed by atoms with Crippen LogP contribution in [0.5, 0.6) is 0 Å². The van der Waals surface area contributed by atoms with E-state index in [0.717, 1.165) is 23.0 Å². The number of aliphatic hydroxyl groups is 2. The highest BCUT2D eigenvalue weighted by molar-refractivity contribution is 8.77. The molecule has 0 aliphatic rings. The molecule has 0 saturated heterocycles. The summed E-state index contributed by atoms with van der Waals surface area (Å²) >= 11 is 0. The summed E-state index contributed by atoms with van der Waals surface area (Å²) in [5, 5.41) is 17.1. The summed E-state index contributed by atoms with van der Waals surface area (Å²) in [5.41, 5.74) is 0. The zero-order valence-electron chi connectivity index (χ0n) is 9.71. The summed E-state index contributed by atoms with van der Waals surface area (Å²) in [6, 6.07) is 0. The van der Waals surface area contributed by atoms with Crippen molar-refractivity contribution in [1.29, 1.82) is 0 Å². The lowest BCUT2D eigenvalue weighted by atomic mass is 10.8. The van der Waals surface area contributed by atoms with E-state index in [2.05, 4.69) is 0 Å². The number of ether oxygens (including phenoxy) is 2. The van der Waals surface area contributed by atoms with Crippen molar-refractivity contribution in [1.82, 2.24) is 0 Å². The van der Waals surface area contributed by atoms with Gasteiger partial charge in [0.05, 0.1) is 26.4 Å².